The van der Waals surface area contributed by atoms with Crippen molar-refractivity contribution >= 4 is 11.6 Å². The Morgan fingerprint density at radius 2 is 1.39 bits per heavy atom. The minimum absolute atomic E-state index is 0.272. The Kier molecular flexibility index (Phi) is 7.79. The highest BCUT2D eigenvalue weighted by Crippen LogP contribution is 2.23. The Hall–Kier alpha value is -3.11. The number of aliphatic hydroxyl groups excluding tert-OH is 1. The Morgan fingerprint density at radius 3 is 2.06 bits per heavy atom. The van der Waals surface area contributed by atoms with Crippen LogP contribution >= 0.6 is 11.6 Å². The van der Waals surface area contributed by atoms with Gasteiger partial charge in [0.15, 0.2) is 0 Å². The molecule has 0 aromatic heterocycles. The van der Waals surface area contributed by atoms with Crippen molar-refractivity contribution < 1.29 is 10.2 Å². The number of aromatic hydroxyl groups is 1. The van der Waals surface area contributed by atoms with Crippen LogP contribution in [0.15, 0.2) is 103 Å². The number of hydrogen-bond acceptors (Lipinski definition) is 3. The molecule has 4 aromatic rings. The molecule has 0 radical (unpaired) electrons. The van der Waals surface area contributed by atoms with Crippen LogP contribution < -0.4 is 0 Å². The van der Waals surface area contributed by atoms with Gasteiger partial charge in [0.2, 0.25) is 0 Å². The van der Waals surface area contributed by atoms with Gasteiger partial charge in [0.05, 0.1) is 6.10 Å². The van der Waals surface area contributed by atoms with Crippen LogP contribution in [-0.2, 0) is 13.0 Å². The second-order valence-corrected chi connectivity index (χ2v) is 8.72. The number of phenolic OH excluding ortho intramolecular Hbond substituents is 1. The van der Waals surface area contributed by atoms with Crippen LogP contribution in [0.4, 0.5) is 0 Å². The molecule has 0 aliphatic rings. The van der Waals surface area contributed by atoms with Gasteiger partial charge in [-0.25, -0.2) is 0 Å². The smallest absolute Gasteiger partial charge is 0.115 e. The molecule has 4 rings (SSSR count). The summed E-state index contributed by atoms with van der Waals surface area (Å²) in [6, 6.07) is 33.6. The van der Waals surface area contributed by atoms with Crippen molar-refractivity contribution in [3.05, 3.63) is 125 Å². The van der Waals surface area contributed by atoms with Gasteiger partial charge in [0, 0.05) is 24.7 Å². The fraction of sp³-hybridized carbons (Fsp3) is 0.172. The molecular formula is C29H28ClNO2. The summed E-state index contributed by atoms with van der Waals surface area (Å²) in [5.74, 6) is 0.272. The maximum atomic E-state index is 10.9. The molecule has 4 aromatic carbocycles. The number of nitrogens with zero attached hydrogens (tertiary/aromatic N) is 1. The summed E-state index contributed by atoms with van der Waals surface area (Å²) in [7, 11) is 0. The zero-order valence-corrected chi connectivity index (χ0v) is 19.2. The molecule has 0 aliphatic carbocycles. The van der Waals surface area contributed by atoms with E-state index in [2.05, 4.69) is 41.3 Å². The second-order valence-electron chi connectivity index (χ2n) is 8.29. The van der Waals surface area contributed by atoms with Crippen LogP contribution in [-0.4, -0.2) is 28.2 Å². The monoisotopic (exact) mass is 457 g/mol. The van der Waals surface area contributed by atoms with Crippen LogP contribution in [0, 0.1) is 0 Å². The summed E-state index contributed by atoms with van der Waals surface area (Å²) in [6.45, 7) is 2.12. The molecule has 0 saturated carbocycles. The summed E-state index contributed by atoms with van der Waals surface area (Å²) in [5.41, 5.74) is 5.50. The Labute approximate surface area is 200 Å². The topological polar surface area (TPSA) is 43.7 Å². The third-order valence-corrected chi connectivity index (χ3v) is 6.02. The fourth-order valence-corrected chi connectivity index (χ4v) is 4.14. The number of benzene rings is 4. The van der Waals surface area contributed by atoms with Crippen LogP contribution in [0.25, 0.3) is 11.1 Å². The Morgan fingerprint density at radius 1 is 0.727 bits per heavy atom. The van der Waals surface area contributed by atoms with Crippen LogP contribution in [0.3, 0.4) is 0 Å². The highest BCUT2D eigenvalue weighted by molar-refractivity contribution is 6.30. The zero-order valence-electron chi connectivity index (χ0n) is 18.4. The Balaban J connectivity index is 1.43. The predicted molar refractivity (Wildman–Crippen MR) is 135 cm³/mol. The van der Waals surface area contributed by atoms with Gasteiger partial charge in [-0.15, -0.1) is 0 Å². The van der Waals surface area contributed by atoms with Gasteiger partial charge in [-0.3, -0.25) is 4.90 Å². The number of phenols is 1. The third kappa shape index (κ3) is 6.69. The van der Waals surface area contributed by atoms with Crippen molar-refractivity contribution in [1.29, 1.82) is 0 Å². The summed E-state index contributed by atoms with van der Waals surface area (Å²) < 4.78 is 0. The van der Waals surface area contributed by atoms with Gasteiger partial charge < -0.3 is 10.2 Å². The van der Waals surface area contributed by atoms with Gasteiger partial charge >= 0.3 is 0 Å². The maximum absolute atomic E-state index is 10.9. The van der Waals surface area contributed by atoms with Crippen LogP contribution in [0.1, 0.15) is 22.8 Å². The predicted octanol–water partition coefficient (Wildman–Crippen LogP) is 6.49. The molecule has 0 fully saturated rings. The normalized spacial score (nSPS) is 12.1. The van der Waals surface area contributed by atoms with E-state index in [4.69, 9.17) is 11.6 Å². The first-order valence-corrected chi connectivity index (χ1v) is 11.5. The molecule has 0 amide bonds. The first-order valence-electron chi connectivity index (χ1n) is 11.1. The average molecular weight is 458 g/mol. The lowest BCUT2D eigenvalue weighted by molar-refractivity contribution is 0.109. The third-order valence-electron chi connectivity index (χ3n) is 5.78. The summed E-state index contributed by atoms with van der Waals surface area (Å²) in [5, 5.41) is 21.0. The molecule has 3 nitrogen and oxygen atoms in total. The molecule has 0 heterocycles. The van der Waals surface area contributed by atoms with Gasteiger partial charge in [-0.05, 0) is 58.5 Å². The zero-order chi connectivity index (χ0) is 23.0. The van der Waals surface area contributed by atoms with E-state index in [1.54, 1.807) is 12.1 Å². The van der Waals surface area contributed by atoms with E-state index in [-0.39, 0.29) is 5.75 Å². The lowest BCUT2D eigenvalue weighted by Gasteiger charge is -2.25. The fourth-order valence-electron chi connectivity index (χ4n) is 3.95. The quantitative estimate of drug-likeness (QED) is 0.302. The van der Waals surface area contributed by atoms with Crippen molar-refractivity contribution in [3.8, 4) is 16.9 Å². The van der Waals surface area contributed by atoms with E-state index in [1.165, 1.54) is 11.1 Å². The summed E-state index contributed by atoms with van der Waals surface area (Å²) >= 11 is 6.12. The lowest BCUT2D eigenvalue weighted by atomic mass is 10.0. The standard InChI is InChI=1S/C29H28ClNO2/c30-27-8-4-7-26(19-27)29(33)21-31(20-23-5-2-1-3-6-23)18-17-22-9-11-24(12-10-22)25-13-15-28(32)16-14-25/h1-16,19,29,32-33H,17-18,20-21H2/t29-/m0/s1. The summed E-state index contributed by atoms with van der Waals surface area (Å²) in [4.78, 5) is 2.29. The number of halogens is 1. The largest absolute Gasteiger partial charge is 0.508 e. The van der Waals surface area contributed by atoms with E-state index in [1.807, 2.05) is 54.6 Å². The van der Waals surface area contributed by atoms with E-state index in [0.717, 1.165) is 36.2 Å². The number of hydrogen-bond donors (Lipinski definition) is 2. The number of aliphatic hydroxyl groups is 1. The first kappa shape index (κ1) is 23.1. The molecule has 33 heavy (non-hydrogen) atoms. The van der Waals surface area contributed by atoms with Crippen molar-refractivity contribution in [2.45, 2.75) is 19.1 Å². The molecule has 0 aliphatic heterocycles. The highest BCUT2D eigenvalue weighted by atomic mass is 35.5. The minimum atomic E-state index is -0.607. The summed E-state index contributed by atoms with van der Waals surface area (Å²) in [6.07, 6.45) is 0.273. The number of rotatable bonds is 9. The molecule has 2 N–H and O–H groups in total. The molecule has 0 saturated heterocycles. The van der Waals surface area contributed by atoms with E-state index < -0.39 is 6.10 Å². The first-order chi connectivity index (χ1) is 16.1. The second kappa shape index (κ2) is 11.2. The SMILES string of the molecule is Oc1ccc(-c2ccc(CCN(Cc3ccccc3)C[C@H](O)c3cccc(Cl)c3)cc2)cc1. The molecular weight excluding hydrogens is 430 g/mol. The molecule has 0 unspecified atom stereocenters. The van der Waals surface area contributed by atoms with Crippen molar-refractivity contribution in [2.75, 3.05) is 13.1 Å². The highest BCUT2D eigenvalue weighted by Gasteiger charge is 2.15. The van der Waals surface area contributed by atoms with Crippen molar-refractivity contribution in [3.63, 3.8) is 0 Å². The average Bonchev–Trinajstić information content (AvgIpc) is 2.84. The molecule has 168 valence electrons. The molecule has 4 heteroatoms. The maximum Gasteiger partial charge on any atom is 0.115 e. The van der Waals surface area contributed by atoms with E-state index in [9.17, 15) is 10.2 Å². The van der Waals surface area contributed by atoms with Crippen LogP contribution in [0.2, 0.25) is 5.02 Å². The van der Waals surface area contributed by atoms with Gasteiger partial charge in [0.1, 0.15) is 5.75 Å². The minimum Gasteiger partial charge on any atom is -0.508 e. The lowest BCUT2D eigenvalue weighted by Crippen LogP contribution is -2.30. The van der Waals surface area contributed by atoms with E-state index in [0.29, 0.717) is 11.6 Å². The molecule has 0 spiro atoms. The van der Waals surface area contributed by atoms with E-state index >= 15 is 0 Å². The molecule has 0 bridgehead atoms. The van der Waals surface area contributed by atoms with Crippen molar-refractivity contribution in [1.82, 2.24) is 4.90 Å². The van der Waals surface area contributed by atoms with Crippen molar-refractivity contribution in [2.24, 2.45) is 0 Å². The van der Waals surface area contributed by atoms with Gasteiger partial charge in [-0.2, -0.15) is 0 Å². The Bertz CT molecular complexity index is 1140. The van der Waals surface area contributed by atoms with Gasteiger partial charge in [0.25, 0.3) is 0 Å². The van der Waals surface area contributed by atoms with Gasteiger partial charge in [-0.1, -0.05) is 90.5 Å². The molecule has 1 atom stereocenters. The van der Waals surface area contributed by atoms with Crippen LogP contribution in [0.5, 0.6) is 5.75 Å².